The molecule has 0 aliphatic carbocycles. The van der Waals surface area contributed by atoms with Gasteiger partial charge in [0.15, 0.2) is 0 Å². The molecule has 1 aromatic rings. The molecule has 0 radical (unpaired) electrons. The fourth-order valence-corrected chi connectivity index (χ4v) is 1.14. The van der Waals surface area contributed by atoms with E-state index in [0.717, 1.165) is 12.4 Å². The second kappa shape index (κ2) is 5.29. The van der Waals surface area contributed by atoms with Crippen molar-refractivity contribution in [1.82, 2.24) is 9.97 Å². The normalized spacial score (nSPS) is 9.80. The van der Waals surface area contributed by atoms with E-state index in [1.54, 1.807) is 6.07 Å². The Morgan fingerprint density at radius 3 is 2.47 bits per heavy atom. The maximum Gasteiger partial charge on any atom is 0.148 e. The zero-order chi connectivity index (χ0) is 11.3. The van der Waals surface area contributed by atoms with Gasteiger partial charge in [0.1, 0.15) is 23.2 Å². The molecule has 0 saturated carbocycles. The topological polar surface area (TPSA) is 66.9 Å². The maximum absolute atomic E-state index is 10.8. The van der Waals surface area contributed by atoms with Gasteiger partial charge in [-0.05, 0) is 20.8 Å². The molecule has 2 N–H and O–H groups in total. The van der Waals surface area contributed by atoms with Crippen LogP contribution in [0.5, 0.6) is 0 Å². The molecule has 15 heavy (non-hydrogen) atoms. The highest BCUT2D eigenvalue weighted by Crippen LogP contribution is 2.10. The van der Waals surface area contributed by atoms with Gasteiger partial charge in [-0.3, -0.25) is 4.79 Å². The van der Waals surface area contributed by atoms with Gasteiger partial charge in [-0.1, -0.05) is 0 Å². The summed E-state index contributed by atoms with van der Waals surface area (Å²) in [6.45, 7) is 6.46. The number of rotatable bonds is 5. The summed E-state index contributed by atoms with van der Waals surface area (Å²) in [5.74, 6) is 2.21. The van der Waals surface area contributed by atoms with Gasteiger partial charge in [-0.2, -0.15) is 0 Å². The number of carbonyl (C=O) groups is 1. The predicted molar refractivity (Wildman–Crippen MR) is 60.1 cm³/mol. The van der Waals surface area contributed by atoms with Crippen molar-refractivity contribution in [3.8, 4) is 0 Å². The smallest absolute Gasteiger partial charge is 0.148 e. The number of aryl methyl sites for hydroxylation is 1. The number of nitrogens with zero attached hydrogens (tertiary/aromatic N) is 2. The van der Waals surface area contributed by atoms with Crippen LogP contribution < -0.4 is 10.6 Å². The molecule has 1 rings (SSSR count). The van der Waals surface area contributed by atoms with E-state index in [-0.39, 0.29) is 5.78 Å². The Kier molecular flexibility index (Phi) is 4.03. The lowest BCUT2D eigenvalue weighted by Gasteiger charge is -2.07. The summed E-state index contributed by atoms with van der Waals surface area (Å²) in [6, 6.07) is 1.79. The summed E-state index contributed by atoms with van der Waals surface area (Å²) in [4.78, 5) is 19.2. The zero-order valence-electron chi connectivity index (χ0n) is 9.29. The fraction of sp³-hybridized carbons (Fsp3) is 0.500. The lowest BCUT2D eigenvalue weighted by atomic mass is 10.4. The molecule has 0 amide bonds. The molecular weight excluding hydrogens is 192 g/mol. The minimum absolute atomic E-state index is 0.0799. The third-order valence-corrected chi connectivity index (χ3v) is 1.71. The summed E-state index contributed by atoms with van der Waals surface area (Å²) < 4.78 is 0. The Balaban J connectivity index is 2.74. The number of carbonyl (C=O) groups excluding carboxylic acids is 1. The Morgan fingerprint density at radius 2 is 1.93 bits per heavy atom. The third kappa shape index (κ3) is 3.93. The van der Waals surface area contributed by atoms with E-state index in [2.05, 4.69) is 20.6 Å². The Morgan fingerprint density at radius 1 is 1.33 bits per heavy atom. The molecule has 0 fully saturated rings. The summed E-state index contributed by atoms with van der Waals surface area (Å²) in [6.07, 6.45) is 0. The van der Waals surface area contributed by atoms with Crippen LogP contribution in [0.1, 0.15) is 19.7 Å². The minimum atomic E-state index is 0.0799. The molecule has 0 aliphatic heterocycles. The first-order chi connectivity index (χ1) is 7.11. The lowest BCUT2D eigenvalue weighted by molar-refractivity contribution is -0.115. The highest BCUT2D eigenvalue weighted by Gasteiger charge is 2.01. The number of Topliss-reactive ketones (excluding diaryl/α,β-unsaturated/α-hetero) is 1. The molecule has 0 atom stereocenters. The van der Waals surface area contributed by atoms with E-state index in [9.17, 15) is 4.79 Å². The van der Waals surface area contributed by atoms with Gasteiger partial charge in [0.05, 0.1) is 6.54 Å². The number of hydrogen-bond acceptors (Lipinski definition) is 5. The van der Waals surface area contributed by atoms with Gasteiger partial charge in [0.2, 0.25) is 0 Å². The van der Waals surface area contributed by atoms with Crippen molar-refractivity contribution in [2.75, 3.05) is 23.7 Å². The van der Waals surface area contributed by atoms with Crippen molar-refractivity contribution < 1.29 is 4.79 Å². The largest absolute Gasteiger partial charge is 0.370 e. The second-order valence-electron chi connectivity index (χ2n) is 3.27. The first-order valence-corrected chi connectivity index (χ1v) is 4.94. The van der Waals surface area contributed by atoms with E-state index in [1.165, 1.54) is 6.92 Å². The van der Waals surface area contributed by atoms with Crippen molar-refractivity contribution in [2.45, 2.75) is 20.8 Å². The van der Waals surface area contributed by atoms with E-state index in [1.807, 2.05) is 13.8 Å². The van der Waals surface area contributed by atoms with Crippen molar-refractivity contribution in [3.05, 3.63) is 11.9 Å². The van der Waals surface area contributed by atoms with E-state index in [0.29, 0.717) is 18.2 Å². The molecule has 0 aromatic carbocycles. The van der Waals surface area contributed by atoms with Crippen LogP contribution in [0.25, 0.3) is 0 Å². The molecule has 0 unspecified atom stereocenters. The highest BCUT2D eigenvalue weighted by atomic mass is 16.1. The van der Waals surface area contributed by atoms with Crippen LogP contribution in [0.3, 0.4) is 0 Å². The molecule has 0 saturated heterocycles. The first kappa shape index (κ1) is 11.4. The van der Waals surface area contributed by atoms with Gasteiger partial charge in [-0.25, -0.2) is 9.97 Å². The SMILES string of the molecule is CCNc1cc(NCC(C)=O)nc(C)n1. The number of nitrogens with one attached hydrogen (secondary N) is 2. The highest BCUT2D eigenvalue weighted by molar-refractivity contribution is 5.80. The third-order valence-electron chi connectivity index (χ3n) is 1.71. The van der Waals surface area contributed by atoms with E-state index >= 15 is 0 Å². The number of aromatic nitrogens is 2. The van der Waals surface area contributed by atoms with Gasteiger partial charge < -0.3 is 10.6 Å². The summed E-state index contributed by atoms with van der Waals surface area (Å²) in [7, 11) is 0. The molecule has 1 aromatic heterocycles. The van der Waals surface area contributed by atoms with Crippen molar-refractivity contribution in [3.63, 3.8) is 0 Å². The van der Waals surface area contributed by atoms with Crippen LogP contribution in [-0.2, 0) is 4.79 Å². The van der Waals surface area contributed by atoms with Crippen LogP contribution in [0, 0.1) is 6.92 Å². The van der Waals surface area contributed by atoms with Crippen LogP contribution in [0.4, 0.5) is 11.6 Å². The van der Waals surface area contributed by atoms with E-state index < -0.39 is 0 Å². The molecule has 1 heterocycles. The minimum Gasteiger partial charge on any atom is -0.370 e. The van der Waals surface area contributed by atoms with Crippen LogP contribution in [0.2, 0.25) is 0 Å². The maximum atomic E-state index is 10.8. The fourth-order valence-electron chi connectivity index (χ4n) is 1.14. The molecule has 82 valence electrons. The molecule has 5 heteroatoms. The number of hydrogen-bond donors (Lipinski definition) is 2. The van der Waals surface area contributed by atoms with Crippen molar-refractivity contribution >= 4 is 17.4 Å². The molecule has 0 aliphatic rings. The Bertz CT molecular complexity index is 351. The quantitative estimate of drug-likeness (QED) is 0.761. The second-order valence-corrected chi connectivity index (χ2v) is 3.27. The lowest BCUT2D eigenvalue weighted by Crippen LogP contribution is -2.12. The van der Waals surface area contributed by atoms with Gasteiger partial charge in [0, 0.05) is 12.6 Å². The molecule has 0 spiro atoms. The number of ketones is 1. The number of anilines is 2. The average molecular weight is 208 g/mol. The summed E-state index contributed by atoms with van der Waals surface area (Å²) in [5, 5.41) is 6.04. The van der Waals surface area contributed by atoms with Gasteiger partial charge in [-0.15, -0.1) is 0 Å². The molecule has 0 bridgehead atoms. The Hall–Kier alpha value is -1.65. The van der Waals surface area contributed by atoms with Crippen LogP contribution in [-0.4, -0.2) is 28.8 Å². The summed E-state index contributed by atoms with van der Waals surface area (Å²) in [5.41, 5.74) is 0. The van der Waals surface area contributed by atoms with Crippen molar-refractivity contribution in [1.29, 1.82) is 0 Å². The predicted octanol–water partition coefficient (Wildman–Crippen LogP) is 1.22. The van der Waals surface area contributed by atoms with Crippen molar-refractivity contribution in [2.24, 2.45) is 0 Å². The van der Waals surface area contributed by atoms with Gasteiger partial charge in [0.25, 0.3) is 0 Å². The van der Waals surface area contributed by atoms with E-state index in [4.69, 9.17) is 0 Å². The Labute approximate surface area is 89.3 Å². The van der Waals surface area contributed by atoms with Crippen LogP contribution in [0.15, 0.2) is 6.07 Å². The average Bonchev–Trinajstić information content (AvgIpc) is 2.14. The zero-order valence-corrected chi connectivity index (χ0v) is 9.29. The standard InChI is InChI=1S/C10H16N4O/c1-4-11-9-5-10(12-6-7(2)15)14-8(3)13-9/h5H,4,6H2,1-3H3,(H2,11,12,13,14). The van der Waals surface area contributed by atoms with Crippen LogP contribution >= 0.6 is 0 Å². The monoisotopic (exact) mass is 208 g/mol. The molecule has 5 nitrogen and oxygen atoms in total. The summed E-state index contributed by atoms with van der Waals surface area (Å²) >= 11 is 0. The van der Waals surface area contributed by atoms with Gasteiger partial charge >= 0.3 is 0 Å². The first-order valence-electron chi connectivity index (χ1n) is 4.94. The molecular formula is C10H16N4O.